The van der Waals surface area contributed by atoms with Crippen LogP contribution in [-0.2, 0) is 4.79 Å². The van der Waals surface area contributed by atoms with Gasteiger partial charge in [0.1, 0.15) is 0 Å². The van der Waals surface area contributed by atoms with Gasteiger partial charge in [-0.25, -0.2) is 0 Å². The lowest BCUT2D eigenvalue weighted by molar-refractivity contribution is -0.120. The fourth-order valence-electron chi connectivity index (χ4n) is 2.08. The van der Waals surface area contributed by atoms with Gasteiger partial charge in [-0.1, -0.05) is 13.8 Å². The summed E-state index contributed by atoms with van der Waals surface area (Å²) in [6.07, 6.45) is 0.763. The van der Waals surface area contributed by atoms with Gasteiger partial charge < -0.3 is 16.0 Å². The number of hydrogen-bond acceptors (Lipinski definition) is 3. The summed E-state index contributed by atoms with van der Waals surface area (Å²) in [5, 5.41) is 2.85. The van der Waals surface area contributed by atoms with E-state index in [4.69, 9.17) is 5.73 Å². The molecule has 0 saturated carbocycles. The molecule has 0 spiro atoms. The van der Waals surface area contributed by atoms with Crippen molar-refractivity contribution in [3.63, 3.8) is 0 Å². The van der Waals surface area contributed by atoms with Gasteiger partial charge in [-0.05, 0) is 36.6 Å². The van der Waals surface area contributed by atoms with Crippen LogP contribution in [0.5, 0.6) is 0 Å². The third kappa shape index (κ3) is 5.19. The highest BCUT2D eigenvalue weighted by Gasteiger charge is 2.18. The van der Waals surface area contributed by atoms with E-state index in [-0.39, 0.29) is 17.7 Å². The maximum absolute atomic E-state index is 12.1. The number of amides is 2. The summed E-state index contributed by atoms with van der Waals surface area (Å²) in [5.74, 6) is 0.0999. The summed E-state index contributed by atoms with van der Waals surface area (Å²) in [4.78, 5) is 25.4. The molecule has 2 amide bonds. The number of rotatable bonds is 6. The first kappa shape index (κ1) is 17.2. The molecule has 1 atom stereocenters. The van der Waals surface area contributed by atoms with E-state index in [2.05, 4.69) is 19.2 Å². The van der Waals surface area contributed by atoms with Crippen LogP contribution in [0.3, 0.4) is 0 Å². The summed E-state index contributed by atoms with van der Waals surface area (Å²) in [6.45, 7) is 4.47. The molecule has 0 saturated heterocycles. The highest BCUT2D eigenvalue weighted by Crippen LogP contribution is 2.15. The van der Waals surface area contributed by atoms with Crippen LogP contribution >= 0.6 is 0 Å². The Hall–Kier alpha value is -1.88. The maximum Gasteiger partial charge on any atom is 0.253 e. The summed E-state index contributed by atoms with van der Waals surface area (Å²) < 4.78 is 0. The zero-order valence-electron chi connectivity index (χ0n) is 13.2. The standard InChI is InChI=1S/C16H25N3O2/c1-11(2)9-13(10-17)15(20)18-14-7-5-12(6-8-14)16(21)19(3)4/h5-8,11,13H,9-10,17H2,1-4H3,(H,18,20). The molecule has 1 unspecified atom stereocenters. The van der Waals surface area contributed by atoms with E-state index in [1.807, 2.05) is 0 Å². The van der Waals surface area contributed by atoms with Crippen molar-refractivity contribution in [2.45, 2.75) is 20.3 Å². The average Bonchev–Trinajstić information content (AvgIpc) is 2.44. The Labute approximate surface area is 126 Å². The minimum Gasteiger partial charge on any atom is -0.345 e. The third-order valence-electron chi connectivity index (χ3n) is 3.22. The fraction of sp³-hybridized carbons (Fsp3) is 0.500. The van der Waals surface area contributed by atoms with Gasteiger partial charge in [-0.3, -0.25) is 9.59 Å². The van der Waals surface area contributed by atoms with Crippen LogP contribution in [0.2, 0.25) is 0 Å². The highest BCUT2D eigenvalue weighted by molar-refractivity contribution is 5.96. The van der Waals surface area contributed by atoms with Crippen LogP contribution in [0.15, 0.2) is 24.3 Å². The van der Waals surface area contributed by atoms with Gasteiger partial charge in [0.15, 0.2) is 0 Å². The van der Waals surface area contributed by atoms with E-state index in [0.29, 0.717) is 23.7 Å². The molecule has 0 aliphatic carbocycles. The smallest absolute Gasteiger partial charge is 0.253 e. The normalized spacial score (nSPS) is 12.1. The second-order valence-corrected chi connectivity index (χ2v) is 5.83. The lowest BCUT2D eigenvalue weighted by atomic mass is 9.96. The molecule has 116 valence electrons. The van der Waals surface area contributed by atoms with Crippen molar-refractivity contribution in [2.75, 3.05) is 26.0 Å². The lowest BCUT2D eigenvalue weighted by Gasteiger charge is -2.17. The van der Waals surface area contributed by atoms with Crippen LogP contribution in [0, 0.1) is 11.8 Å². The van der Waals surface area contributed by atoms with Gasteiger partial charge in [0.2, 0.25) is 5.91 Å². The van der Waals surface area contributed by atoms with E-state index in [9.17, 15) is 9.59 Å². The van der Waals surface area contributed by atoms with Gasteiger partial charge in [-0.15, -0.1) is 0 Å². The number of nitrogens with zero attached hydrogens (tertiary/aromatic N) is 1. The molecule has 0 aliphatic rings. The van der Waals surface area contributed by atoms with Crippen molar-refractivity contribution in [1.29, 1.82) is 0 Å². The molecule has 1 rings (SSSR count). The Kier molecular flexibility index (Phi) is 6.37. The van der Waals surface area contributed by atoms with E-state index in [1.54, 1.807) is 38.4 Å². The Balaban J connectivity index is 2.71. The summed E-state index contributed by atoms with van der Waals surface area (Å²) >= 11 is 0. The van der Waals surface area contributed by atoms with Crippen molar-refractivity contribution in [3.05, 3.63) is 29.8 Å². The lowest BCUT2D eigenvalue weighted by Crippen LogP contribution is -2.30. The number of nitrogens with one attached hydrogen (secondary N) is 1. The molecule has 3 N–H and O–H groups in total. The zero-order valence-corrected chi connectivity index (χ0v) is 13.2. The monoisotopic (exact) mass is 291 g/mol. The Morgan fingerprint density at radius 3 is 2.19 bits per heavy atom. The molecular weight excluding hydrogens is 266 g/mol. The van der Waals surface area contributed by atoms with E-state index >= 15 is 0 Å². The maximum atomic E-state index is 12.1. The van der Waals surface area contributed by atoms with E-state index < -0.39 is 0 Å². The van der Waals surface area contributed by atoms with Crippen molar-refractivity contribution in [1.82, 2.24) is 4.90 Å². The van der Waals surface area contributed by atoms with E-state index in [1.165, 1.54) is 4.90 Å². The molecule has 0 heterocycles. The van der Waals surface area contributed by atoms with E-state index in [0.717, 1.165) is 6.42 Å². The number of benzene rings is 1. The molecule has 21 heavy (non-hydrogen) atoms. The number of anilines is 1. The van der Waals surface area contributed by atoms with Crippen molar-refractivity contribution in [2.24, 2.45) is 17.6 Å². The van der Waals surface area contributed by atoms with Crippen LogP contribution < -0.4 is 11.1 Å². The van der Waals surface area contributed by atoms with Gasteiger partial charge in [0.25, 0.3) is 5.91 Å². The van der Waals surface area contributed by atoms with Crippen molar-refractivity contribution < 1.29 is 9.59 Å². The SMILES string of the molecule is CC(C)CC(CN)C(=O)Nc1ccc(C(=O)N(C)C)cc1. The van der Waals surface area contributed by atoms with Crippen LogP contribution in [0.1, 0.15) is 30.6 Å². The minimum absolute atomic E-state index is 0.0625. The first-order valence-electron chi connectivity index (χ1n) is 7.17. The van der Waals surface area contributed by atoms with Crippen LogP contribution in [0.4, 0.5) is 5.69 Å². The zero-order chi connectivity index (χ0) is 16.0. The molecule has 0 bridgehead atoms. The number of carbonyl (C=O) groups excluding carboxylic acids is 2. The molecule has 0 radical (unpaired) electrons. The number of carbonyl (C=O) groups is 2. The Morgan fingerprint density at radius 1 is 1.19 bits per heavy atom. The highest BCUT2D eigenvalue weighted by atomic mass is 16.2. The van der Waals surface area contributed by atoms with Gasteiger partial charge in [0.05, 0.1) is 5.92 Å². The average molecular weight is 291 g/mol. The topological polar surface area (TPSA) is 75.4 Å². The summed E-state index contributed by atoms with van der Waals surface area (Å²) in [6, 6.07) is 6.88. The fourth-order valence-corrected chi connectivity index (χ4v) is 2.08. The van der Waals surface area contributed by atoms with Gasteiger partial charge in [-0.2, -0.15) is 0 Å². The van der Waals surface area contributed by atoms with Gasteiger partial charge >= 0.3 is 0 Å². The van der Waals surface area contributed by atoms with Crippen LogP contribution in [0.25, 0.3) is 0 Å². The molecule has 0 aromatic heterocycles. The number of hydrogen-bond donors (Lipinski definition) is 2. The largest absolute Gasteiger partial charge is 0.345 e. The predicted molar refractivity (Wildman–Crippen MR) is 85.1 cm³/mol. The second-order valence-electron chi connectivity index (χ2n) is 5.83. The first-order chi connectivity index (χ1) is 9.85. The quantitative estimate of drug-likeness (QED) is 0.841. The Bertz CT molecular complexity index is 481. The molecule has 5 heteroatoms. The summed E-state index contributed by atoms with van der Waals surface area (Å²) in [7, 11) is 3.41. The molecule has 0 fully saturated rings. The van der Waals surface area contributed by atoms with Crippen molar-refractivity contribution in [3.8, 4) is 0 Å². The molecule has 1 aromatic carbocycles. The second kappa shape index (κ2) is 7.78. The summed E-state index contributed by atoms with van der Waals surface area (Å²) in [5.41, 5.74) is 6.93. The first-order valence-corrected chi connectivity index (χ1v) is 7.17. The predicted octanol–water partition coefficient (Wildman–Crippen LogP) is 1.95. The van der Waals surface area contributed by atoms with Crippen LogP contribution in [-0.4, -0.2) is 37.4 Å². The molecule has 5 nitrogen and oxygen atoms in total. The molecule has 0 aliphatic heterocycles. The Morgan fingerprint density at radius 2 is 1.76 bits per heavy atom. The third-order valence-corrected chi connectivity index (χ3v) is 3.22. The molecular formula is C16H25N3O2. The molecule has 1 aromatic rings. The van der Waals surface area contributed by atoms with Crippen molar-refractivity contribution >= 4 is 17.5 Å². The van der Waals surface area contributed by atoms with Gasteiger partial charge in [0, 0.05) is 31.9 Å². The minimum atomic E-state index is -0.187. The number of nitrogens with two attached hydrogens (primary N) is 1.